The zero-order valence-corrected chi connectivity index (χ0v) is 12.2. The molecule has 0 spiro atoms. The number of methoxy groups -OCH3 is 1. The number of hydrogen-bond acceptors (Lipinski definition) is 4. The Hall–Kier alpha value is -1.56. The molecular formula is C13H23N5O. The van der Waals surface area contributed by atoms with Crippen LogP contribution in [0.25, 0.3) is 0 Å². The zero-order valence-electron chi connectivity index (χ0n) is 12.2. The van der Waals surface area contributed by atoms with Gasteiger partial charge in [-0.2, -0.15) is 5.10 Å². The van der Waals surface area contributed by atoms with Crippen molar-refractivity contribution in [1.29, 1.82) is 5.41 Å². The number of ether oxygens (including phenoxy) is 1. The number of aryl methyl sites for hydroxylation is 2. The summed E-state index contributed by atoms with van der Waals surface area (Å²) in [6.45, 7) is 5.75. The van der Waals surface area contributed by atoms with Crippen LogP contribution in [0, 0.1) is 12.3 Å². The summed E-state index contributed by atoms with van der Waals surface area (Å²) in [5, 5.41) is 12.2. The van der Waals surface area contributed by atoms with Gasteiger partial charge in [0.25, 0.3) is 0 Å². The second-order valence-electron chi connectivity index (χ2n) is 5.50. The van der Waals surface area contributed by atoms with Crippen molar-refractivity contribution < 1.29 is 4.74 Å². The molecule has 0 aliphatic carbocycles. The highest BCUT2D eigenvalue weighted by atomic mass is 16.5. The molecule has 1 saturated heterocycles. The highest BCUT2D eigenvalue weighted by Gasteiger charge is 2.33. The van der Waals surface area contributed by atoms with Crippen molar-refractivity contribution in [3.8, 4) is 0 Å². The van der Waals surface area contributed by atoms with Crippen LogP contribution in [0.3, 0.4) is 0 Å². The van der Waals surface area contributed by atoms with Crippen LogP contribution < -0.4 is 10.6 Å². The second-order valence-corrected chi connectivity index (χ2v) is 5.50. The number of nitrogens with one attached hydrogen (secondary N) is 1. The topological polar surface area (TPSA) is 80.2 Å². The Morgan fingerprint density at radius 3 is 2.79 bits per heavy atom. The number of rotatable bonds is 3. The molecule has 1 aliphatic heterocycles. The molecule has 1 aromatic rings. The van der Waals surface area contributed by atoms with Crippen LogP contribution in [0.15, 0.2) is 0 Å². The first-order valence-corrected chi connectivity index (χ1v) is 6.56. The maximum Gasteiger partial charge on any atom is 0.137 e. The van der Waals surface area contributed by atoms with Gasteiger partial charge >= 0.3 is 0 Å². The van der Waals surface area contributed by atoms with Crippen LogP contribution in [0.2, 0.25) is 0 Å². The van der Waals surface area contributed by atoms with E-state index in [0.717, 1.165) is 43.0 Å². The Morgan fingerprint density at radius 1 is 1.53 bits per heavy atom. The van der Waals surface area contributed by atoms with Gasteiger partial charge in [-0.05, 0) is 26.7 Å². The Bertz CT molecular complexity index is 495. The standard InChI is InChI=1S/C13H23N5O/c1-9-10(11(14)15)12(17(3)16-9)18-7-5-6-13(2,8-18)19-4/h5-8H2,1-4H3,(H3,14,15). The first kappa shape index (κ1) is 13.9. The monoisotopic (exact) mass is 265 g/mol. The van der Waals surface area contributed by atoms with Gasteiger partial charge < -0.3 is 15.4 Å². The molecular weight excluding hydrogens is 242 g/mol. The minimum Gasteiger partial charge on any atom is -0.384 e. The van der Waals surface area contributed by atoms with E-state index in [1.807, 2.05) is 18.7 Å². The number of hydrogen-bond donors (Lipinski definition) is 2. The number of nitrogen functional groups attached to an aromatic ring is 1. The molecule has 19 heavy (non-hydrogen) atoms. The summed E-state index contributed by atoms with van der Waals surface area (Å²) in [7, 11) is 3.65. The predicted octanol–water partition coefficient (Wildman–Crippen LogP) is 1.02. The van der Waals surface area contributed by atoms with Crippen molar-refractivity contribution in [3.05, 3.63) is 11.3 Å². The summed E-state index contributed by atoms with van der Waals surface area (Å²) in [6, 6.07) is 0. The van der Waals surface area contributed by atoms with E-state index < -0.39 is 0 Å². The van der Waals surface area contributed by atoms with Gasteiger partial charge in [0, 0.05) is 27.2 Å². The number of piperidine rings is 1. The lowest BCUT2D eigenvalue weighted by atomic mass is 9.94. The number of amidine groups is 1. The minimum absolute atomic E-state index is 0.0743. The Kier molecular flexibility index (Phi) is 3.54. The Morgan fingerprint density at radius 2 is 2.21 bits per heavy atom. The normalized spacial score (nSPS) is 23.7. The lowest BCUT2D eigenvalue weighted by molar-refractivity contribution is -0.00494. The summed E-state index contributed by atoms with van der Waals surface area (Å²) < 4.78 is 7.43. The number of nitrogens with zero attached hydrogens (tertiary/aromatic N) is 3. The third-order valence-corrected chi connectivity index (χ3v) is 3.91. The largest absolute Gasteiger partial charge is 0.384 e. The summed E-state index contributed by atoms with van der Waals surface area (Å²) in [5.41, 5.74) is 7.10. The average Bonchev–Trinajstić information content (AvgIpc) is 2.64. The predicted molar refractivity (Wildman–Crippen MR) is 75.8 cm³/mol. The van der Waals surface area contributed by atoms with E-state index in [4.69, 9.17) is 15.9 Å². The lowest BCUT2D eigenvalue weighted by Gasteiger charge is -2.40. The molecule has 2 heterocycles. The summed E-state index contributed by atoms with van der Waals surface area (Å²) in [5.74, 6) is 0.998. The quantitative estimate of drug-likeness (QED) is 0.631. The first-order valence-electron chi connectivity index (χ1n) is 6.56. The SMILES string of the molecule is COC1(C)CCCN(c2c(C(=N)N)c(C)nn2C)C1. The van der Waals surface area contributed by atoms with E-state index in [1.165, 1.54) is 0 Å². The zero-order chi connectivity index (χ0) is 14.2. The molecule has 1 fully saturated rings. The van der Waals surface area contributed by atoms with Gasteiger partial charge in [-0.1, -0.05) is 0 Å². The van der Waals surface area contributed by atoms with Gasteiger partial charge in [0.05, 0.1) is 16.9 Å². The summed E-state index contributed by atoms with van der Waals surface area (Å²) >= 11 is 0. The van der Waals surface area contributed by atoms with Crippen molar-refractivity contribution >= 4 is 11.7 Å². The highest BCUT2D eigenvalue weighted by molar-refractivity contribution is 6.01. The molecule has 0 bridgehead atoms. The van der Waals surface area contributed by atoms with E-state index in [2.05, 4.69) is 16.9 Å². The van der Waals surface area contributed by atoms with Crippen molar-refractivity contribution in [2.24, 2.45) is 12.8 Å². The van der Waals surface area contributed by atoms with Crippen molar-refractivity contribution in [3.63, 3.8) is 0 Å². The van der Waals surface area contributed by atoms with Gasteiger partial charge in [0.1, 0.15) is 11.7 Å². The summed E-state index contributed by atoms with van der Waals surface area (Å²) in [4.78, 5) is 2.23. The molecule has 1 aliphatic rings. The van der Waals surface area contributed by atoms with Crippen LogP contribution in [-0.2, 0) is 11.8 Å². The molecule has 0 radical (unpaired) electrons. The number of anilines is 1. The minimum atomic E-state index is -0.148. The van der Waals surface area contributed by atoms with Crippen LogP contribution in [0.1, 0.15) is 31.0 Å². The third kappa shape index (κ3) is 2.45. The van der Waals surface area contributed by atoms with Gasteiger partial charge in [0.15, 0.2) is 0 Å². The molecule has 1 unspecified atom stereocenters. The van der Waals surface area contributed by atoms with E-state index in [1.54, 1.807) is 7.11 Å². The molecule has 6 heteroatoms. The van der Waals surface area contributed by atoms with E-state index in [-0.39, 0.29) is 11.4 Å². The molecule has 1 atom stereocenters. The molecule has 0 saturated carbocycles. The second kappa shape index (κ2) is 4.85. The molecule has 106 valence electrons. The van der Waals surface area contributed by atoms with Gasteiger partial charge in [-0.3, -0.25) is 10.1 Å². The molecule has 6 nitrogen and oxygen atoms in total. The van der Waals surface area contributed by atoms with Crippen molar-refractivity contribution in [2.75, 3.05) is 25.1 Å². The van der Waals surface area contributed by atoms with Gasteiger partial charge in [0.2, 0.25) is 0 Å². The molecule has 0 amide bonds. The fraction of sp³-hybridized carbons (Fsp3) is 0.692. The molecule has 3 N–H and O–H groups in total. The van der Waals surface area contributed by atoms with E-state index in [9.17, 15) is 0 Å². The average molecular weight is 265 g/mol. The highest BCUT2D eigenvalue weighted by Crippen LogP contribution is 2.30. The van der Waals surface area contributed by atoms with Gasteiger partial charge in [-0.25, -0.2) is 0 Å². The van der Waals surface area contributed by atoms with Crippen molar-refractivity contribution in [2.45, 2.75) is 32.3 Å². The first-order chi connectivity index (χ1) is 8.88. The fourth-order valence-corrected chi connectivity index (χ4v) is 2.88. The number of aromatic nitrogens is 2. The lowest BCUT2D eigenvalue weighted by Crippen LogP contribution is -2.48. The maximum atomic E-state index is 7.76. The smallest absolute Gasteiger partial charge is 0.137 e. The molecule has 0 aromatic carbocycles. The van der Waals surface area contributed by atoms with Crippen LogP contribution in [0.4, 0.5) is 5.82 Å². The molecule has 2 rings (SSSR count). The molecule has 1 aromatic heterocycles. The fourth-order valence-electron chi connectivity index (χ4n) is 2.88. The van der Waals surface area contributed by atoms with Crippen LogP contribution in [-0.4, -0.2) is 41.4 Å². The maximum absolute atomic E-state index is 7.76. The van der Waals surface area contributed by atoms with Crippen molar-refractivity contribution in [1.82, 2.24) is 9.78 Å². The van der Waals surface area contributed by atoms with E-state index in [0.29, 0.717) is 0 Å². The third-order valence-electron chi connectivity index (χ3n) is 3.91. The van der Waals surface area contributed by atoms with Gasteiger partial charge in [-0.15, -0.1) is 0 Å². The number of nitrogens with two attached hydrogens (primary N) is 1. The Labute approximate surface area is 114 Å². The van der Waals surface area contributed by atoms with Crippen LogP contribution in [0.5, 0.6) is 0 Å². The Balaban J connectivity index is 2.39. The van der Waals surface area contributed by atoms with E-state index >= 15 is 0 Å². The van der Waals surface area contributed by atoms with Crippen LogP contribution >= 0.6 is 0 Å². The summed E-state index contributed by atoms with van der Waals surface area (Å²) in [6.07, 6.45) is 2.11.